The van der Waals surface area contributed by atoms with Crippen molar-refractivity contribution in [2.45, 2.75) is 0 Å². The maximum atomic E-state index is 12.1. The molecule has 6 nitrogen and oxygen atoms in total. The standard InChI is InChI=1S/C15H17Cl2N5O/c1-22(2)8-7-18-14(23)13-5-6-19-15(21-13)20-12-4-3-10(16)9-11(12)17/h3-6,9H,7-8H2,1-2H3,(H,18,23)(H,19,20,21). The maximum Gasteiger partial charge on any atom is 0.270 e. The summed E-state index contributed by atoms with van der Waals surface area (Å²) in [5.41, 5.74) is 0.896. The molecule has 23 heavy (non-hydrogen) atoms. The summed E-state index contributed by atoms with van der Waals surface area (Å²) in [6.07, 6.45) is 1.51. The van der Waals surface area contributed by atoms with E-state index in [1.54, 1.807) is 24.3 Å². The molecule has 1 aromatic heterocycles. The molecule has 0 aliphatic rings. The first-order valence-corrected chi connectivity index (χ1v) is 7.69. The Balaban J connectivity index is 2.06. The van der Waals surface area contributed by atoms with Crippen molar-refractivity contribution in [3.05, 3.63) is 46.2 Å². The Hall–Kier alpha value is -1.89. The Bertz CT molecular complexity index is 693. The highest BCUT2D eigenvalue weighted by Gasteiger charge is 2.09. The Kier molecular flexibility index (Phi) is 6.15. The van der Waals surface area contributed by atoms with Gasteiger partial charge in [0.1, 0.15) is 5.69 Å². The Labute approximate surface area is 144 Å². The second-order valence-electron chi connectivity index (χ2n) is 5.07. The van der Waals surface area contributed by atoms with Gasteiger partial charge in [0.2, 0.25) is 5.95 Å². The van der Waals surface area contributed by atoms with Gasteiger partial charge in [0.25, 0.3) is 5.91 Å². The highest BCUT2D eigenvalue weighted by Crippen LogP contribution is 2.27. The summed E-state index contributed by atoms with van der Waals surface area (Å²) in [5.74, 6) is 0.0361. The fourth-order valence-corrected chi connectivity index (χ4v) is 2.20. The number of amides is 1. The van der Waals surface area contributed by atoms with Crippen molar-refractivity contribution in [2.75, 3.05) is 32.5 Å². The van der Waals surface area contributed by atoms with Crippen LogP contribution in [0.5, 0.6) is 0 Å². The molecule has 122 valence electrons. The summed E-state index contributed by atoms with van der Waals surface area (Å²) in [6, 6.07) is 6.59. The minimum atomic E-state index is -0.250. The molecule has 8 heteroatoms. The van der Waals surface area contributed by atoms with Crippen LogP contribution in [-0.4, -0.2) is 48.0 Å². The second kappa shape index (κ2) is 8.10. The fraction of sp³-hybridized carbons (Fsp3) is 0.267. The molecule has 0 radical (unpaired) electrons. The SMILES string of the molecule is CN(C)CCNC(=O)c1ccnc(Nc2ccc(Cl)cc2Cl)n1. The molecule has 0 aliphatic carbocycles. The van der Waals surface area contributed by atoms with Crippen molar-refractivity contribution in [2.24, 2.45) is 0 Å². The van der Waals surface area contributed by atoms with Gasteiger partial charge in [-0.25, -0.2) is 9.97 Å². The average Bonchev–Trinajstić information content (AvgIpc) is 2.50. The third kappa shape index (κ3) is 5.35. The maximum absolute atomic E-state index is 12.1. The lowest BCUT2D eigenvalue weighted by Gasteiger charge is -2.11. The van der Waals surface area contributed by atoms with Gasteiger partial charge in [0, 0.05) is 24.3 Å². The van der Waals surface area contributed by atoms with Gasteiger partial charge in [-0.1, -0.05) is 23.2 Å². The molecule has 2 N–H and O–H groups in total. The van der Waals surface area contributed by atoms with Crippen LogP contribution in [0.4, 0.5) is 11.6 Å². The van der Waals surface area contributed by atoms with E-state index in [2.05, 4.69) is 20.6 Å². The summed E-state index contributed by atoms with van der Waals surface area (Å²) >= 11 is 12.0. The summed E-state index contributed by atoms with van der Waals surface area (Å²) in [5, 5.41) is 6.75. The lowest BCUT2D eigenvalue weighted by atomic mass is 10.3. The zero-order valence-corrected chi connectivity index (χ0v) is 14.3. The Morgan fingerprint density at radius 1 is 1.26 bits per heavy atom. The van der Waals surface area contributed by atoms with Crippen molar-refractivity contribution in [1.29, 1.82) is 0 Å². The zero-order valence-electron chi connectivity index (χ0n) is 12.8. The number of likely N-dealkylation sites (N-methyl/N-ethyl adjacent to an activating group) is 1. The number of hydrogen-bond donors (Lipinski definition) is 2. The topological polar surface area (TPSA) is 70.2 Å². The molecule has 0 aliphatic heterocycles. The highest BCUT2D eigenvalue weighted by molar-refractivity contribution is 6.36. The number of halogens is 2. The number of anilines is 2. The molecule has 0 spiro atoms. The van der Waals surface area contributed by atoms with E-state index in [9.17, 15) is 4.79 Å². The molecule has 0 fully saturated rings. The molecule has 0 saturated carbocycles. The van der Waals surface area contributed by atoms with Crippen molar-refractivity contribution in [3.63, 3.8) is 0 Å². The van der Waals surface area contributed by atoms with E-state index in [-0.39, 0.29) is 17.5 Å². The summed E-state index contributed by atoms with van der Waals surface area (Å²) in [7, 11) is 3.88. The first kappa shape index (κ1) is 17.5. The minimum absolute atomic E-state index is 0.250. The predicted octanol–water partition coefficient (Wildman–Crippen LogP) is 2.82. The number of nitrogens with one attached hydrogen (secondary N) is 2. The third-order valence-electron chi connectivity index (χ3n) is 2.91. The van der Waals surface area contributed by atoms with Crippen molar-refractivity contribution < 1.29 is 4.79 Å². The van der Waals surface area contributed by atoms with Crippen LogP contribution in [0.3, 0.4) is 0 Å². The number of carbonyl (C=O) groups excluding carboxylic acids is 1. The highest BCUT2D eigenvalue weighted by atomic mass is 35.5. The molecule has 1 heterocycles. The van der Waals surface area contributed by atoms with Gasteiger partial charge in [-0.05, 0) is 38.4 Å². The van der Waals surface area contributed by atoms with Gasteiger partial charge in [-0.15, -0.1) is 0 Å². The van der Waals surface area contributed by atoms with Crippen molar-refractivity contribution >= 4 is 40.7 Å². The number of aromatic nitrogens is 2. The number of nitrogens with zero attached hydrogens (tertiary/aromatic N) is 3. The molecule has 0 bridgehead atoms. The van der Waals surface area contributed by atoms with Crippen LogP contribution >= 0.6 is 23.2 Å². The summed E-state index contributed by atoms with van der Waals surface area (Å²) in [4.78, 5) is 22.3. The average molecular weight is 354 g/mol. The molecule has 2 rings (SSSR count). The predicted molar refractivity (Wildman–Crippen MR) is 92.7 cm³/mol. The molecule has 0 unspecified atom stereocenters. The summed E-state index contributed by atoms with van der Waals surface area (Å²) < 4.78 is 0. The van der Waals surface area contributed by atoms with Gasteiger partial charge < -0.3 is 15.5 Å². The van der Waals surface area contributed by atoms with E-state index in [1.165, 1.54) is 6.20 Å². The van der Waals surface area contributed by atoms with Crippen LogP contribution in [0, 0.1) is 0 Å². The number of carbonyl (C=O) groups is 1. The van der Waals surface area contributed by atoms with E-state index < -0.39 is 0 Å². The molecular weight excluding hydrogens is 337 g/mol. The molecule has 2 aromatic rings. The van der Waals surface area contributed by atoms with E-state index in [1.807, 2.05) is 19.0 Å². The van der Waals surface area contributed by atoms with Crippen LogP contribution in [-0.2, 0) is 0 Å². The quantitative estimate of drug-likeness (QED) is 0.835. The summed E-state index contributed by atoms with van der Waals surface area (Å²) in [6.45, 7) is 1.30. The van der Waals surface area contributed by atoms with Gasteiger partial charge in [-0.2, -0.15) is 0 Å². The Morgan fingerprint density at radius 3 is 2.74 bits per heavy atom. The molecule has 0 atom stereocenters. The normalized spacial score (nSPS) is 10.7. The van der Waals surface area contributed by atoms with Crippen LogP contribution < -0.4 is 10.6 Å². The molecule has 0 saturated heterocycles. The molecule has 1 aromatic carbocycles. The van der Waals surface area contributed by atoms with E-state index in [0.717, 1.165) is 6.54 Å². The van der Waals surface area contributed by atoms with Gasteiger partial charge in [0.05, 0.1) is 10.7 Å². The lowest BCUT2D eigenvalue weighted by Crippen LogP contribution is -2.31. The van der Waals surface area contributed by atoms with Crippen LogP contribution in [0.25, 0.3) is 0 Å². The van der Waals surface area contributed by atoms with E-state index >= 15 is 0 Å². The molecule has 1 amide bonds. The first-order valence-electron chi connectivity index (χ1n) is 6.94. The Morgan fingerprint density at radius 2 is 2.04 bits per heavy atom. The van der Waals surface area contributed by atoms with Gasteiger partial charge in [-0.3, -0.25) is 4.79 Å². The smallest absolute Gasteiger partial charge is 0.270 e. The number of benzene rings is 1. The van der Waals surface area contributed by atoms with Crippen molar-refractivity contribution in [3.8, 4) is 0 Å². The van der Waals surface area contributed by atoms with Crippen molar-refractivity contribution in [1.82, 2.24) is 20.2 Å². The second-order valence-corrected chi connectivity index (χ2v) is 5.92. The van der Waals surface area contributed by atoms with Crippen LogP contribution in [0.2, 0.25) is 10.0 Å². The molecular formula is C15H17Cl2N5O. The van der Waals surface area contributed by atoms with Gasteiger partial charge in [0.15, 0.2) is 0 Å². The van der Waals surface area contributed by atoms with Gasteiger partial charge >= 0.3 is 0 Å². The van der Waals surface area contributed by atoms with E-state index in [0.29, 0.717) is 22.3 Å². The third-order valence-corrected chi connectivity index (χ3v) is 3.46. The number of rotatable bonds is 6. The largest absolute Gasteiger partial charge is 0.349 e. The fourth-order valence-electron chi connectivity index (χ4n) is 1.74. The number of hydrogen-bond acceptors (Lipinski definition) is 5. The minimum Gasteiger partial charge on any atom is -0.349 e. The zero-order chi connectivity index (χ0) is 16.8. The van der Waals surface area contributed by atoms with Crippen LogP contribution in [0.15, 0.2) is 30.5 Å². The monoisotopic (exact) mass is 353 g/mol. The lowest BCUT2D eigenvalue weighted by molar-refractivity contribution is 0.0946. The van der Waals surface area contributed by atoms with E-state index in [4.69, 9.17) is 23.2 Å². The van der Waals surface area contributed by atoms with Crippen LogP contribution in [0.1, 0.15) is 10.5 Å². The first-order chi connectivity index (χ1) is 11.0.